The monoisotopic (exact) mass is 766 g/mol. The number of aromatic nitrogens is 3. The predicted octanol–water partition coefficient (Wildman–Crippen LogP) is 14.9. The van der Waals surface area contributed by atoms with Crippen molar-refractivity contribution in [2.75, 3.05) is 4.90 Å². The highest BCUT2D eigenvalue weighted by molar-refractivity contribution is 6.16. The van der Waals surface area contributed by atoms with Crippen LogP contribution in [0, 0.1) is 0 Å². The summed E-state index contributed by atoms with van der Waals surface area (Å²) in [6.45, 7) is 0. The van der Waals surface area contributed by atoms with Gasteiger partial charge in [0.25, 0.3) is 0 Å². The van der Waals surface area contributed by atoms with E-state index in [0.717, 1.165) is 67.3 Å². The average Bonchev–Trinajstić information content (AvgIpc) is 3.68. The van der Waals surface area contributed by atoms with Gasteiger partial charge in [-0.1, -0.05) is 170 Å². The molecule has 4 nitrogen and oxygen atoms in total. The van der Waals surface area contributed by atoms with E-state index in [9.17, 15) is 0 Å². The maximum atomic E-state index is 5.35. The van der Waals surface area contributed by atoms with Crippen LogP contribution in [0.1, 0.15) is 0 Å². The molecule has 0 aliphatic rings. The summed E-state index contributed by atoms with van der Waals surface area (Å²) in [5.41, 5.74) is 16.8. The maximum absolute atomic E-state index is 5.35. The average molecular weight is 767 g/mol. The van der Waals surface area contributed by atoms with Gasteiger partial charge in [0.2, 0.25) is 0 Å². The van der Waals surface area contributed by atoms with Gasteiger partial charge in [-0.3, -0.25) is 0 Å². The third kappa shape index (κ3) is 6.28. The summed E-state index contributed by atoms with van der Waals surface area (Å²) in [5, 5.41) is 2.34. The van der Waals surface area contributed by atoms with E-state index in [1.54, 1.807) is 0 Å². The third-order valence-electron chi connectivity index (χ3n) is 11.4. The molecule has 0 unspecified atom stereocenters. The first-order valence-electron chi connectivity index (χ1n) is 20.3. The van der Waals surface area contributed by atoms with Crippen molar-refractivity contribution in [3.8, 4) is 50.5 Å². The molecule has 2 aromatic heterocycles. The highest BCUT2D eigenvalue weighted by atomic mass is 15.1. The van der Waals surface area contributed by atoms with Gasteiger partial charge in [-0.15, -0.1) is 0 Å². The predicted molar refractivity (Wildman–Crippen MR) is 250 cm³/mol. The van der Waals surface area contributed by atoms with E-state index in [-0.39, 0.29) is 0 Å². The molecule has 0 aliphatic heterocycles. The number of nitrogens with zero attached hydrogens (tertiary/aromatic N) is 4. The molecule has 0 fully saturated rings. The molecular formula is C56H38N4. The Bertz CT molecular complexity index is 3190. The number of hydrogen-bond donors (Lipinski definition) is 0. The Morgan fingerprint density at radius 1 is 0.333 bits per heavy atom. The van der Waals surface area contributed by atoms with Crippen LogP contribution in [0.15, 0.2) is 231 Å². The van der Waals surface area contributed by atoms with E-state index in [1.807, 2.05) is 12.1 Å². The van der Waals surface area contributed by atoms with Crippen LogP contribution in [-0.2, 0) is 0 Å². The van der Waals surface area contributed by atoms with Crippen molar-refractivity contribution in [3.63, 3.8) is 0 Å². The van der Waals surface area contributed by atoms with Gasteiger partial charge in [0.15, 0.2) is 0 Å². The number of anilines is 3. The first-order chi connectivity index (χ1) is 29.8. The van der Waals surface area contributed by atoms with E-state index in [4.69, 9.17) is 9.97 Å². The number of para-hydroxylation sites is 1. The minimum absolute atomic E-state index is 0.840. The van der Waals surface area contributed by atoms with Crippen LogP contribution < -0.4 is 4.90 Å². The molecule has 9 aromatic carbocycles. The van der Waals surface area contributed by atoms with Crippen LogP contribution >= 0.6 is 0 Å². The van der Waals surface area contributed by atoms with Gasteiger partial charge in [0, 0.05) is 39.0 Å². The lowest BCUT2D eigenvalue weighted by Crippen LogP contribution is -2.10. The second kappa shape index (κ2) is 15.0. The molecule has 11 aromatic rings. The topological polar surface area (TPSA) is 34.0 Å². The molecule has 0 N–H and O–H groups in total. The van der Waals surface area contributed by atoms with Gasteiger partial charge in [-0.05, 0) is 82.9 Å². The highest BCUT2D eigenvalue weighted by Crippen LogP contribution is 2.45. The summed E-state index contributed by atoms with van der Waals surface area (Å²) in [7, 11) is 0. The van der Waals surface area contributed by atoms with E-state index >= 15 is 0 Å². The van der Waals surface area contributed by atoms with Crippen LogP contribution in [0.5, 0.6) is 0 Å². The zero-order valence-electron chi connectivity index (χ0n) is 32.7. The Kier molecular flexibility index (Phi) is 8.79. The highest BCUT2D eigenvalue weighted by Gasteiger charge is 2.22. The van der Waals surface area contributed by atoms with Gasteiger partial charge < -0.3 is 9.47 Å². The molecule has 0 saturated carbocycles. The molecule has 0 spiro atoms. The summed E-state index contributed by atoms with van der Waals surface area (Å²) in [6.07, 6.45) is 0. The summed E-state index contributed by atoms with van der Waals surface area (Å²) in [6, 6.07) is 81.5. The van der Waals surface area contributed by atoms with E-state index in [2.05, 4.69) is 228 Å². The minimum atomic E-state index is 0.840. The van der Waals surface area contributed by atoms with E-state index in [1.165, 1.54) is 33.0 Å². The van der Waals surface area contributed by atoms with Crippen molar-refractivity contribution in [1.29, 1.82) is 0 Å². The molecule has 4 heteroatoms. The van der Waals surface area contributed by atoms with Crippen LogP contribution in [0.25, 0.3) is 83.3 Å². The van der Waals surface area contributed by atoms with Crippen molar-refractivity contribution in [2.45, 2.75) is 0 Å². The van der Waals surface area contributed by atoms with Crippen molar-refractivity contribution in [2.24, 2.45) is 0 Å². The van der Waals surface area contributed by atoms with Crippen LogP contribution in [0.2, 0.25) is 0 Å². The van der Waals surface area contributed by atoms with Crippen molar-refractivity contribution >= 4 is 49.9 Å². The van der Waals surface area contributed by atoms with Gasteiger partial charge in [-0.2, -0.15) is 0 Å². The van der Waals surface area contributed by atoms with Crippen LogP contribution in [0.3, 0.4) is 0 Å². The van der Waals surface area contributed by atoms with Gasteiger partial charge >= 0.3 is 0 Å². The second-order valence-electron chi connectivity index (χ2n) is 15.0. The normalized spacial score (nSPS) is 11.3. The summed E-state index contributed by atoms with van der Waals surface area (Å²) in [5.74, 6) is 0. The largest absolute Gasteiger partial charge is 0.310 e. The minimum Gasteiger partial charge on any atom is -0.310 e. The van der Waals surface area contributed by atoms with E-state index < -0.39 is 0 Å². The molecule has 0 radical (unpaired) electrons. The molecule has 60 heavy (non-hydrogen) atoms. The fraction of sp³-hybridized carbons (Fsp3) is 0. The third-order valence-corrected chi connectivity index (χ3v) is 11.4. The number of hydrogen-bond acceptors (Lipinski definition) is 3. The molecule has 0 atom stereocenters. The van der Waals surface area contributed by atoms with Gasteiger partial charge in [0.1, 0.15) is 0 Å². The number of benzene rings is 9. The lowest BCUT2D eigenvalue weighted by molar-refractivity contribution is 1.18. The molecule has 0 aliphatic carbocycles. The lowest BCUT2D eigenvalue weighted by Gasteiger charge is -2.27. The Balaban J connectivity index is 1.10. The number of fused-ring (bicyclic) bond motifs is 4. The Morgan fingerprint density at radius 2 is 0.783 bits per heavy atom. The molecule has 0 amide bonds. The van der Waals surface area contributed by atoms with Crippen molar-refractivity contribution in [3.05, 3.63) is 231 Å². The molecule has 0 bridgehead atoms. The van der Waals surface area contributed by atoms with Crippen molar-refractivity contribution in [1.82, 2.24) is 14.5 Å². The molecule has 11 rings (SSSR count). The summed E-state index contributed by atoms with van der Waals surface area (Å²) in [4.78, 5) is 13.0. The van der Waals surface area contributed by atoms with Gasteiger partial charge in [0.05, 0.1) is 39.1 Å². The molecular weight excluding hydrogens is 729 g/mol. The Morgan fingerprint density at radius 3 is 1.33 bits per heavy atom. The fourth-order valence-corrected chi connectivity index (χ4v) is 8.54. The van der Waals surface area contributed by atoms with Crippen LogP contribution in [0.4, 0.5) is 17.1 Å². The zero-order chi connectivity index (χ0) is 39.8. The molecule has 0 saturated heterocycles. The zero-order valence-corrected chi connectivity index (χ0v) is 32.7. The van der Waals surface area contributed by atoms with E-state index in [0.29, 0.717) is 0 Å². The van der Waals surface area contributed by atoms with Crippen LogP contribution in [-0.4, -0.2) is 14.5 Å². The standard InChI is InChI=1S/C56H38N4/c1-5-16-39(17-6-1)41-28-32-45(33-29-41)59(46-34-30-42(31-35-46)40-18-7-2-8-19-40)52-26-15-27-53-54(52)48-24-13-14-25-51(48)60(53)47-36-37-49-50(38-47)58-56(44-22-11-4-12-23-44)55(57-49)43-20-9-3-10-21-43/h1-38H. The Hall–Kier alpha value is -8.08. The first-order valence-corrected chi connectivity index (χ1v) is 20.3. The second-order valence-corrected chi connectivity index (χ2v) is 15.0. The maximum Gasteiger partial charge on any atom is 0.0973 e. The summed E-state index contributed by atoms with van der Waals surface area (Å²) >= 11 is 0. The molecule has 2 heterocycles. The lowest BCUT2D eigenvalue weighted by atomic mass is 10.0. The smallest absolute Gasteiger partial charge is 0.0973 e. The SMILES string of the molecule is c1ccc(-c2ccc(N(c3ccc(-c4ccccc4)cc3)c3cccc4c3c3ccccc3n4-c3ccc4nc(-c5ccccc5)c(-c5ccccc5)nc4c3)cc2)cc1. The summed E-state index contributed by atoms with van der Waals surface area (Å²) < 4.78 is 2.37. The Labute approximate surface area is 348 Å². The molecule has 282 valence electrons. The fourth-order valence-electron chi connectivity index (χ4n) is 8.54. The van der Waals surface area contributed by atoms with Crippen molar-refractivity contribution < 1.29 is 0 Å². The van der Waals surface area contributed by atoms with Gasteiger partial charge in [-0.25, -0.2) is 9.97 Å². The first kappa shape index (κ1) is 35.1. The quantitative estimate of drug-likeness (QED) is 0.154. The number of rotatable bonds is 8.